The SMILES string of the molecule is O=C(NNc1cc(F)cc(F)c1)C1(O)CCCC1. The first-order valence-corrected chi connectivity index (χ1v) is 5.74. The van der Waals surface area contributed by atoms with Crippen molar-refractivity contribution in [2.24, 2.45) is 0 Å². The van der Waals surface area contributed by atoms with Gasteiger partial charge in [-0.15, -0.1) is 0 Å². The molecule has 1 aromatic rings. The van der Waals surface area contributed by atoms with Gasteiger partial charge in [-0.1, -0.05) is 0 Å². The predicted octanol–water partition coefficient (Wildman–Crippen LogP) is 1.71. The van der Waals surface area contributed by atoms with Gasteiger partial charge >= 0.3 is 0 Å². The van der Waals surface area contributed by atoms with E-state index in [9.17, 15) is 18.7 Å². The molecule has 0 radical (unpaired) electrons. The van der Waals surface area contributed by atoms with Gasteiger partial charge in [-0.3, -0.25) is 15.6 Å². The summed E-state index contributed by atoms with van der Waals surface area (Å²) in [5.41, 5.74) is 3.36. The molecule has 0 saturated heterocycles. The van der Waals surface area contributed by atoms with Crippen LogP contribution in [0.5, 0.6) is 0 Å². The largest absolute Gasteiger partial charge is 0.380 e. The molecule has 0 bridgehead atoms. The maximum absolute atomic E-state index is 12.9. The lowest BCUT2D eigenvalue weighted by Gasteiger charge is -2.21. The second-order valence-electron chi connectivity index (χ2n) is 4.48. The molecule has 98 valence electrons. The Morgan fingerprint density at radius 1 is 1.17 bits per heavy atom. The van der Waals surface area contributed by atoms with Crippen molar-refractivity contribution in [3.63, 3.8) is 0 Å². The summed E-state index contributed by atoms with van der Waals surface area (Å²) in [5, 5.41) is 9.95. The van der Waals surface area contributed by atoms with Crippen LogP contribution in [0.15, 0.2) is 18.2 Å². The van der Waals surface area contributed by atoms with Crippen molar-refractivity contribution < 1.29 is 18.7 Å². The number of carbonyl (C=O) groups is 1. The summed E-state index contributed by atoms with van der Waals surface area (Å²) in [7, 11) is 0. The molecule has 18 heavy (non-hydrogen) atoms. The molecule has 0 heterocycles. The first kappa shape index (κ1) is 12.8. The summed E-state index contributed by atoms with van der Waals surface area (Å²) in [4.78, 5) is 11.7. The number of hydrazine groups is 1. The number of carbonyl (C=O) groups excluding carboxylic acids is 1. The van der Waals surface area contributed by atoms with Gasteiger partial charge in [0.15, 0.2) is 0 Å². The Bertz CT molecular complexity index is 439. The van der Waals surface area contributed by atoms with Crippen LogP contribution in [-0.4, -0.2) is 16.6 Å². The van der Waals surface area contributed by atoms with Crippen LogP contribution in [0, 0.1) is 11.6 Å². The lowest BCUT2D eigenvalue weighted by molar-refractivity contribution is -0.138. The molecule has 3 N–H and O–H groups in total. The minimum absolute atomic E-state index is 0.0856. The highest BCUT2D eigenvalue weighted by Gasteiger charge is 2.38. The van der Waals surface area contributed by atoms with Crippen molar-refractivity contribution in [3.05, 3.63) is 29.8 Å². The van der Waals surface area contributed by atoms with E-state index in [0.29, 0.717) is 12.8 Å². The maximum Gasteiger partial charge on any atom is 0.270 e. The Morgan fingerprint density at radius 3 is 2.28 bits per heavy atom. The molecule has 1 fully saturated rings. The molecule has 0 atom stereocenters. The van der Waals surface area contributed by atoms with Crippen LogP contribution in [0.1, 0.15) is 25.7 Å². The van der Waals surface area contributed by atoms with Gasteiger partial charge in [0.1, 0.15) is 17.2 Å². The number of nitrogens with one attached hydrogen (secondary N) is 2. The fourth-order valence-corrected chi connectivity index (χ4v) is 2.06. The van der Waals surface area contributed by atoms with E-state index in [4.69, 9.17) is 0 Å². The van der Waals surface area contributed by atoms with Gasteiger partial charge in [0, 0.05) is 6.07 Å². The molecule has 1 aliphatic rings. The Morgan fingerprint density at radius 2 is 1.72 bits per heavy atom. The minimum Gasteiger partial charge on any atom is -0.380 e. The Balaban J connectivity index is 1.97. The van der Waals surface area contributed by atoms with Crippen molar-refractivity contribution in [1.82, 2.24) is 5.43 Å². The van der Waals surface area contributed by atoms with Crippen molar-refractivity contribution >= 4 is 11.6 Å². The van der Waals surface area contributed by atoms with Gasteiger partial charge in [-0.25, -0.2) is 8.78 Å². The Hall–Kier alpha value is -1.69. The van der Waals surface area contributed by atoms with Crippen LogP contribution in [0.25, 0.3) is 0 Å². The van der Waals surface area contributed by atoms with Crippen LogP contribution in [-0.2, 0) is 4.79 Å². The minimum atomic E-state index is -1.38. The van der Waals surface area contributed by atoms with Gasteiger partial charge in [0.05, 0.1) is 5.69 Å². The van der Waals surface area contributed by atoms with Crippen LogP contribution in [0.4, 0.5) is 14.5 Å². The van der Waals surface area contributed by atoms with Crippen LogP contribution in [0.3, 0.4) is 0 Å². The molecule has 0 aromatic heterocycles. The van der Waals surface area contributed by atoms with Crippen LogP contribution < -0.4 is 10.9 Å². The van der Waals surface area contributed by atoms with E-state index in [2.05, 4.69) is 10.9 Å². The van der Waals surface area contributed by atoms with Gasteiger partial charge in [0.2, 0.25) is 0 Å². The second kappa shape index (κ2) is 4.89. The summed E-state index contributed by atoms with van der Waals surface area (Å²) < 4.78 is 25.8. The quantitative estimate of drug-likeness (QED) is 0.721. The van der Waals surface area contributed by atoms with E-state index >= 15 is 0 Å². The molecule has 2 rings (SSSR count). The average Bonchev–Trinajstić information content (AvgIpc) is 2.73. The maximum atomic E-state index is 12.9. The fourth-order valence-electron chi connectivity index (χ4n) is 2.06. The van der Waals surface area contributed by atoms with Crippen molar-refractivity contribution in [2.45, 2.75) is 31.3 Å². The summed E-state index contributed by atoms with van der Waals surface area (Å²) >= 11 is 0. The number of rotatable bonds is 3. The summed E-state index contributed by atoms with van der Waals surface area (Å²) in [6.45, 7) is 0. The predicted molar refractivity (Wildman–Crippen MR) is 61.5 cm³/mol. The smallest absolute Gasteiger partial charge is 0.270 e. The molecular formula is C12H14F2N2O2. The van der Waals surface area contributed by atoms with Crippen molar-refractivity contribution in [2.75, 3.05) is 5.43 Å². The van der Waals surface area contributed by atoms with Gasteiger partial charge in [-0.05, 0) is 37.8 Å². The number of amides is 1. The van der Waals surface area contributed by atoms with Crippen LogP contribution in [0.2, 0.25) is 0 Å². The molecule has 1 aliphatic carbocycles. The van der Waals surface area contributed by atoms with E-state index in [-0.39, 0.29) is 5.69 Å². The number of anilines is 1. The number of aliphatic hydroxyl groups is 1. The highest BCUT2D eigenvalue weighted by atomic mass is 19.1. The Labute approximate surface area is 103 Å². The molecule has 4 nitrogen and oxygen atoms in total. The summed E-state index contributed by atoms with van der Waals surface area (Å²) in [6.07, 6.45) is 2.38. The van der Waals surface area contributed by atoms with E-state index < -0.39 is 23.1 Å². The third-order valence-electron chi connectivity index (χ3n) is 3.04. The molecule has 1 saturated carbocycles. The second-order valence-corrected chi connectivity index (χ2v) is 4.48. The summed E-state index contributed by atoms with van der Waals surface area (Å²) in [6, 6.07) is 2.82. The van der Waals surface area contributed by atoms with E-state index in [1.54, 1.807) is 0 Å². The number of hydrogen-bond acceptors (Lipinski definition) is 3. The van der Waals surface area contributed by atoms with Gasteiger partial charge in [-0.2, -0.15) is 0 Å². The summed E-state index contributed by atoms with van der Waals surface area (Å²) in [5.74, 6) is -2.07. The zero-order chi connectivity index (χ0) is 13.2. The zero-order valence-electron chi connectivity index (χ0n) is 9.67. The third-order valence-corrected chi connectivity index (χ3v) is 3.04. The highest BCUT2D eigenvalue weighted by molar-refractivity contribution is 5.86. The lowest BCUT2D eigenvalue weighted by Crippen LogP contribution is -2.46. The molecule has 1 aromatic carbocycles. The normalized spacial score (nSPS) is 17.5. The molecular weight excluding hydrogens is 242 g/mol. The zero-order valence-corrected chi connectivity index (χ0v) is 9.67. The third kappa shape index (κ3) is 2.76. The Kier molecular flexibility index (Phi) is 3.47. The molecule has 1 amide bonds. The van der Waals surface area contributed by atoms with E-state index in [1.807, 2.05) is 0 Å². The van der Waals surface area contributed by atoms with Gasteiger partial charge in [0.25, 0.3) is 5.91 Å². The molecule has 0 aliphatic heterocycles. The first-order chi connectivity index (χ1) is 8.49. The lowest BCUT2D eigenvalue weighted by atomic mass is 10.0. The topological polar surface area (TPSA) is 61.4 Å². The average molecular weight is 256 g/mol. The molecule has 0 spiro atoms. The monoisotopic (exact) mass is 256 g/mol. The fraction of sp³-hybridized carbons (Fsp3) is 0.417. The van der Waals surface area contributed by atoms with E-state index in [0.717, 1.165) is 31.0 Å². The molecule has 6 heteroatoms. The first-order valence-electron chi connectivity index (χ1n) is 5.74. The van der Waals surface area contributed by atoms with Gasteiger partial charge < -0.3 is 5.11 Å². The number of halogens is 2. The van der Waals surface area contributed by atoms with Crippen molar-refractivity contribution in [3.8, 4) is 0 Å². The number of benzene rings is 1. The van der Waals surface area contributed by atoms with E-state index in [1.165, 1.54) is 0 Å². The van der Waals surface area contributed by atoms with Crippen molar-refractivity contribution in [1.29, 1.82) is 0 Å². The standard InChI is InChI=1S/C12H14F2N2O2/c13-8-5-9(14)7-10(6-8)15-16-11(17)12(18)3-1-2-4-12/h5-7,15,18H,1-4H2,(H,16,17). The highest BCUT2D eigenvalue weighted by Crippen LogP contribution is 2.29. The number of hydrogen-bond donors (Lipinski definition) is 3. The van der Waals surface area contributed by atoms with Crippen LogP contribution >= 0.6 is 0 Å². The molecule has 0 unspecified atom stereocenters.